The van der Waals surface area contributed by atoms with Crippen molar-refractivity contribution in [1.29, 1.82) is 0 Å². The van der Waals surface area contributed by atoms with Gasteiger partial charge >= 0.3 is 0 Å². The van der Waals surface area contributed by atoms with E-state index < -0.39 is 0 Å². The van der Waals surface area contributed by atoms with Crippen molar-refractivity contribution in [2.75, 3.05) is 14.2 Å². The van der Waals surface area contributed by atoms with Gasteiger partial charge in [0.25, 0.3) is 0 Å². The second kappa shape index (κ2) is 7.52. The van der Waals surface area contributed by atoms with Gasteiger partial charge in [-0.2, -0.15) is 0 Å². The molecule has 6 heteroatoms. The Labute approximate surface area is 156 Å². The van der Waals surface area contributed by atoms with E-state index in [1.54, 1.807) is 20.4 Å². The zero-order valence-electron chi connectivity index (χ0n) is 14.9. The van der Waals surface area contributed by atoms with Crippen molar-refractivity contribution in [3.05, 3.63) is 40.5 Å². The number of aromatic nitrogens is 1. The van der Waals surface area contributed by atoms with Crippen molar-refractivity contribution in [3.8, 4) is 0 Å². The fourth-order valence-corrected chi connectivity index (χ4v) is 3.52. The maximum atomic E-state index is 5.55. The first-order chi connectivity index (χ1) is 12.0. The molecular weight excluding hydrogens is 382 g/mol. The third-order valence-electron chi connectivity index (χ3n) is 4.36. The standard InChI is InChI=1S/C19H22BrN3O2/c1-11(2)16-19(25-4)22-15(18(23-16)24-3)10-12-7-8-14(20)17-13(12)6-5-9-21-17/h5-9,11,15-16H,10H2,1-4H3/t15-,16+/m0/s1. The number of rotatable bonds is 3. The predicted octanol–water partition coefficient (Wildman–Crippen LogP) is 4.04. The second-order valence-corrected chi connectivity index (χ2v) is 7.21. The van der Waals surface area contributed by atoms with E-state index in [1.165, 1.54) is 0 Å². The molecule has 0 radical (unpaired) electrons. The molecule has 0 unspecified atom stereocenters. The van der Waals surface area contributed by atoms with Crippen molar-refractivity contribution in [3.63, 3.8) is 0 Å². The maximum absolute atomic E-state index is 5.55. The van der Waals surface area contributed by atoms with Gasteiger partial charge in [-0.05, 0) is 39.5 Å². The van der Waals surface area contributed by atoms with Gasteiger partial charge in [-0.1, -0.05) is 26.0 Å². The third kappa shape index (κ3) is 3.54. The Morgan fingerprint density at radius 3 is 2.52 bits per heavy atom. The van der Waals surface area contributed by atoms with E-state index in [4.69, 9.17) is 19.5 Å². The van der Waals surface area contributed by atoms with Crippen LogP contribution in [0, 0.1) is 5.92 Å². The molecule has 0 bridgehead atoms. The number of benzene rings is 1. The molecule has 25 heavy (non-hydrogen) atoms. The molecule has 0 amide bonds. The van der Waals surface area contributed by atoms with E-state index in [2.05, 4.69) is 46.9 Å². The third-order valence-corrected chi connectivity index (χ3v) is 5.00. The lowest BCUT2D eigenvalue weighted by Crippen LogP contribution is -2.38. The van der Waals surface area contributed by atoms with E-state index in [0.717, 1.165) is 20.9 Å². The van der Waals surface area contributed by atoms with Crippen molar-refractivity contribution >= 4 is 38.6 Å². The van der Waals surface area contributed by atoms with Gasteiger partial charge in [-0.3, -0.25) is 4.98 Å². The van der Waals surface area contributed by atoms with Gasteiger partial charge in [-0.15, -0.1) is 0 Å². The molecule has 2 aromatic rings. The summed E-state index contributed by atoms with van der Waals surface area (Å²) in [4.78, 5) is 14.0. The van der Waals surface area contributed by atoms with Crippen molar-refractivity contribution in [2.24, 2.45) is 15.9 Å². The number of pyridine rings is 1. The molecule has 1 aliphatic rings. The minimum absolute atomic E-state index is 0.0977. The normalized spacial score (nSPS) is 20.4. The van der Waals surface area contributed by atoms with Crippen LogP contribution in [-0.2, 0) is 15.9 Å². The van der Waals surface area contributed by atoms with Crippen molar-refractivity contribution in [2.45, 2.75) is 32.4 Å². The molecule has 1 aromatic carbocycles. The highest BCUT2D eigenvalue weighted by atomic mass is 79.9. The van der Waals surface area contributed by atoms with Crippen LogP contribution < -0.4 is 0 Å². The topological polar surface area (TPSA) is 56.1 Å². The highest BCUT2D eigenvalue weighted by Gasteiger charge is 2.31. The largest absolute Gasteiger partial charge is 0.483 e. The summed E-state index contributed by atoms with van der Waals surface area (Å²) in [6.07, 6.45) is 2.48. The highest BCUT2D eigenvalue weighted by molar-refractivity contribution is 9.10. The summed E-state index contributed by atoms with van der Waals surface area (Å²) in [6, 6.07) is 7.85. The Morgan fingerprint density at radius 2 is 1.84 bits per heavy atom. The van der Waals surface area contributed by atoms with Crippen LogP contribution in [-0.4, -0.2) is 43.1 Å². The fourth-order valence-electron chi connectivity index (χ4n) is 3.08. The summed E-state index contributed by atoms with van der Waals surface area (Å²) in [6.45, 7) is 4.20. The molecule has 132 valence electrons. The van der Waals surface area contributed by atoms with E-state index in [1.807, 2.05) is 12.1 Å². The number of halogens is 1. The van der Waals surface area contributed by atoms with Gasteiger partial charge < -0.3 is 9.47 Å². The molecule has 5 nitrogen and oxygen atoms in total. The number of hydrogen-bond donors (Lipinski definition) is 0. The molecule has 0 saturated carbocycles. The first-order valence-electron chi connectivity index (χ1n) is 8.30. The minimum atomic E-state index is -0.195. The van der Waals surface area contributed by atoms with E-state index >= 15 is 0 Å². The zero-order chi connectivity index (χ0) is 18.0. The van der Waals surface area contributed by atoms with Crippen molar-refractivity contribution in [1.82, 2.24) is 4.98 Å². The smallest absolute Gasteiger partial charge is 0.209 e. The lowest BCUT2D eigenvalue weighted by atomic mass is 9.98. The first-order valence-corrected chi connectivity index (χ1v) is 9.10. The Morgan fingerprint density at radius 1 is 1.08 bits per heavy atom. The quantitative estimate of drug-likeness (QED) is 0.776. The van der Waals surface area contributed by atoms with Gasteiger partial charge in [0, 0.05) is 22.5 Å². The summed E-state index contributed by atoms with van der Waals surface area (Å²) in [7, 11) is 3.30. The number of aliphatic imine (C=N–C) groups is 2. The molecule has 0 aliphatic carbocycles. The molecule has 2 heterocycles. The average molecular weight is 404 g/mol. The van der Waals surface area contributed by atoms with Gasteiger partial charge in [0.1, 0.15) is 12.1 Å². The van der Waals surface area contributed by atoms with Crippen LogP contribution >= 0.6 is 15.9 Å². The number of nitrogens with zero attached hydrogens (tertiary/aromatic N) is 3. The summed E-state index contributed by atoms with van der Waals surface area (Å²) in [5.41, 5.74) is 2.10. The maximum Gasteiger partial charge on any atom is 0.209 e. The molecule has 0 N–H and O–H groups in total. The Kier molecular flexibility index (Phi) is 5.37. The van der Waals surface area contributed by atoms with E-state index in [-0.39, 0.29) is 12.1 Å². The minimum Gasteiger partial charge on any atom is -0.483 e. The summed E-state index contributed by atoms with van der Waals surface area (Å²) in [5, 5.41) is 1.10. The SMILES string of the molecule is COC1=N[C@H](C(C)C)C(OC)=N[C@H]1Cc1ccc(Br)c2ncccc12. The van der Waals surface area contributed by atoms with Crippen LogP contribution in [0.25, 0.3) is 10.9 Å². The molecule has 0 saturated heterocycles. The van der Waals surface area contributed by atoms with Crippen LogP contribution in [0.5, 0.6) is 0 Å². The van der Waals surface area contributed by atoms with Crippen LogP contribution in [0.2, 0.25) is 0 Å². The monoisotopic (exact) mass is 403 g/mol. The number of fused-ring (bicyclic) bond motifs is 1. The number of methoxy groups -OCH3 is 2. The zero-order valence-corrected chi connectivity index (χ0v) is 16.4. The average Bonchev–Trinajstić information content (AvgIpc) is 2.63. The molecule has 1 aliphatic heterocycles. The van der Waals surface area contributed by atoms with Gasteiger partial charge in [0.05, 0.1) is 19.7 Å². The van der Waals surface area contributed by atoms with Crippen LogP contribution in [0.15, 0.2) is 44.9 Å². The van der Waals surface area contributed by atoms with Gasteiger partial charge in [0.2, 0.25) is 11.8 Å². The van der Waals surface area contributed by atoms with Gasteiger partial charge in [-0.25, -0.2) is 9.98 Å². The van der Waals surface area contributed by atoms with E-state index in [0.29, 0.717) is 24.1 Å². The van der Waals surface area contributed by atoms with Crippen LogP contribution in [0.3, 0.4) is 0 Å². The first kappa shape index (κ1) is 17.9. The Hall–Kier alpha value is -1.95. The molecule has 1 aromatic heterocycles. The van der Waals surface area contributed by atoms with Crippen molar-refractivity contribution < 1.29 is 9.47 Å². The summed E-state index contributed by atoms with van der Waals surface area (Å²) < 4.78 is 12.0. The second-order valence-electron chi connectivity index (χ2n) is 6.36. The van der Waals surface area contributed by atoms with E-state index in [9.17, 15) is 0 Å². The summed E-state index contributed by atoms with van der Waals surface area (Å²) in [5.74, 6) is 1.61. The van der Waals surface area contributed by atoms with Crippen LogP contribution in [0.1, 0.15) is 19.4 Å². The lowest BCUT2D eigenvalue weighted by Gasteiger charge is -2.27. The van der Waals surface area contributed by atoms with Gasteiger partial charge in [0.15, 0.2) is 0 Å². The number of ether oxygens (including phenoxy) is 2. The lowest BCUT2D eigenvalue weighted by molar-refractivity contribution is 0.333. The molecule has 2 atom stereocenters. The van der Waals surface area contributed by atoms with Crippen LogP contribution in [0.4, 0.5) is 0 Å². The molecule has 3 rings (SSSR count). The Balaban J connectivity index is 1.98. The highest BCUT2D eigenvalue weighted by Crippen LogP contribution is 2.27. The fraction of sp³-hybridized carbons (Fsp3) is 0.421. The molecule has 0 fully saturated rings. The Bertz CT molecular complexity index is 833. The molecule has 0 spiro atoms. The number of hydrogen-bond acceptors (Lipinski definition) is 5. The predicted molar refractivity (Wildman–Crippen MR) is 104 cm³/mol. The summed E-state index contributed by atoms with van der Waals surface area (Å²) >= 11 is 3.57. The molecular formula is C19H22BrN3O2.